The van der Waals surface area contributed by atoms with E-state index >= 15 is 0 Å². The monoisotopic (exact) mass is 528 g/mol. The van der Waals surface area contributed by atoms with Gasteiger partial charge in [0, 0.05) is 22.6 Å². The Morgan fingerprint density at radius 2 is 1.64 bits per heavy atom. The van der Waals surface area contributed by atoms with Gasteiger partial charge in [-0.05, 0) is 54.7 Å². The molecule has 0 bridgehead atoms. The molecule has 0 radical (unpaired) electrons. The zero-order valence-electron chi connectivity index (χ0n) is 18.6. The number of hydrogen-bond acceptors (Lipinski definition) is 2. The number of amides is 2. The molecule has 1 atom stereocenters. The smallest absolute Gasteiger partial charge is 0.243 e. The van der Waals surface area contributed by atoms with Gasteiger partial charge < -0.3 is 10.2 Å². The molecule has 178 valence electrons. The predicted octanol–water partition coefficient (Wildman–Crippen LogP) is 7.10. The Morgan fingerprint density at radius 3 is 2.24 bits per heavy atom. The molecular formula is C25H28Cl4N2O2. The van der Waals surface area contributed by atoms with Crippen molar-refractivity contribution in [3.8, 4) is 0 Å². The number of hydrogen-bond donors (Lipinski definition) is 1. The van der Waals surface area contributed by atoms with Crippen LogP contribution in [0.25, 0.3) is 0 Å². The molecule has 2 amide bonds. The largest absolute Gasteiger partial charge is 0.352 e. The maximum absolute atomic E-state index is 13.5. The molecular weight excluding hydrogens is 502 g/mol. The molecule has 2 aromatic carbocycles. The average molecular weight is 530 g/mol. The van der Waals surface area contributed by atoms with Gasteiger partial charge in [-0.1, -0.05) is 84.7 Å². The second kappa shape index (κ2) is 12.3. The van der Waals surface area contributed by atoms with E-state index in [0.717, 1.165) is 31.2 Å². The van der Waals surface area contributed by atoms with Crippen LogP contribution >= 0.6 is 46.4 Å². The molecule has 33 heavy (non-hydrogen) atoms. The fraction of sp³-hybridized carbons (Fsp3) is 0.440. The van der Waals surface area contributed by atoms with Crippen LogP contribution in [0.1, 0.15) is 56.6 Å². The molecule has 0 saturated heterocycles. The van der Waals surface area contributed by atoms with E-state index in [0.29, 0.717) is 32.1 Å². The summed E-state index contributed by atoms with van der Waals surface area (Å²) in [5.41, 5.74) is 1.33. The Morgan fingerprint density at radius 1 is 0.970 bits per heavy atom. The van der Waals surface area contributed by atoms with Crippen molar-refractivity contribution in [2.24, 2.45) is 0 Å². The van der Waals surface area contributed by atoms with Crippen LogP contribution in [0.15, 0.2) is 36.4 Å². The molecule has 3 rings (SSSR count). The van der Waals surface area contributed by atoms with E-state index in [9.17, 15) is 9.59 Å². The Hall–Kier alpha value is -1.46. The molecule has 0 aliphatic heterocycles. The summed E-state index contributed by atoms with van der Waals surface area (Å²) in [5, 5.41) is 4.84. The summed E-state index contributed by atoms with van der Waals surface area (Å²) in [6.07, 6.45) is 5.83. The van der Waals surface area contributed by atoms with Crippen molar-refractivity contribution in [1.82, 2.24) is 10.2 Å². The van der Waals surface area contributed by atoms with E-state index in [-0.39, 0.29) is 30.8 Å². The molecule has 1 N–H and O–H groups in total. The van der Waals surface area contributed by atoms with E-state index in [1.54, 1.807) is 35.2 Å². The topological polar surface area (TPSA) is 49.4 Å². The molecule has 0 aromatic heterocycles. The van der Waals surface area contributed by atoms with Gasteiger partial charge in [0.25, 0.3) is 0 Å². The minimum atomic E-state index is -0.629. The maximum Gasteiger partial charge on any atom is 0.243 e. The minimum Gasteiger partial charge on any atom is -0.352 e. The molecule has 1 aliphatic carbocycles. The fourth-order valence-corrected chi connectivity index (χ4v) is 5.10. The maximum atomic E-state index is 13.5. The normalized spacial score (nSPS) is 15.2. The molecule has 1 fully saturated rings. The number of benzene rings is 2. The number of carbonyl (C=O) groups excluding carboxylic acids is 2. The van der Waals surface area contributed by atoms with Crippen LogP contribution in [-0.4, -0.2) is 28.8 Å². The Bertz CT molecular complexity index is 972. The second-order valence-electron chi connectivity index (χ2n) is 8.41. The van der Waals surface area contributed by atoms with Crippen molar-refractivity contribution in [3.63, 3.8) is 0 Å². The van der Waals surface area contributed by atoms with Crippen molar-refractivity contribution >= 4 is 58.2 Å². The number of nitrogens with one attached hydrogen (secondary N) is 1. The van der Waals surface area contributed by atoms with Crippen LogP contribution in [0.5, 0.6) is 0 Å². The van der Waals surface area contributed by atoms with Crippen LogP contribution in [0.3, 0.4) is 0 Å². The van der Waals surface area contributed by atoms with Gasteiger partial charge >= 0.3 is 0 Å². The summed E-state index contributed by atoms with van der Waals surface area (Å²) >= 11 is 24.9. The van der Waals surface area contributed by atoms with Crippen molar-refractivity contribution in [3.05, 3.63) is 67.6 Å². The van der Waals surface area contributed by atoms with Crippen molar-refractivity contribution in [2.75, 3.05) is 0 Å². The summed E-state index contributed by atoms with van der Waals surface area (Å²) in [6.45, 7) is 2.12. The Kier molecular flexibility index (Phi) is 9.75. The minimum absolute atomic E-state index is 0.00691. The number of halogens is 4. The number of carbonyl (C=O) groups is 2. The van der Waals surface area contributed by atoms with Crippen LogP contribution in [-0.2, 0) is 22.6 Å². The molecule has 8 heteroatoms. The summed E-state index contributed by atoms with van der Waals surface area (Å²) in [6, 6.07) is 9.88. The zero-order chi connectivity index (χ0) is 24.0. The highest BCUT2D eigenvalue weighted by Crippen LogP contribution is 2.28. The fourth-order valence-electron chi connectivity index (χ4n) is 4.25. The molecule has 0 unspecified atom stereocenters. The van der Waals surface area contributed by atoms with Gasteiger partial charge in [0.1, 0.15) is 6.04 Å². The summed E-state index contributed by atoms with van der Waals surface area (Å²) in [4.78, 5) is 28.4. The first-order valence-corrected chi connectivity index (χ1v) is 12.8. The highest BCUT2D eigenvalue weighted by Gasteiger charge is 2.31. The highest BCUT2D eigenvalue weighted by atomic mass is 35.5. The summed E-state index contributed by atoms with van der Waals surface area (Å²) in [7, 11) is 0. The van der Waals surface area contributed by atoms with Gasteiger partial charge in [-0.2, -0.15) is 0 Å². The molecule has 0 spiro atoms. The lowest BCUT2D eigenvalue weighted by Crippen LogP contribution is -2.52. The van der Waals surface area contributed by atoms with Crippen LogP contribution in [0.4, 0.5) is 0 Å². The third kappa shape index (κ3) is 7.02. The van der Waals surface area contributed by atoms with E-state index in [4.69, 9.17) is 46.4 Å². The lowest BCUT2D eigenvalue weighted by molar-refractivity contribution is -0.141. The molecule has 1 aliphatic rings. The van der Waals surface area contributed by atoms with Gasteiger partial charge in [0.15, 0.2) is 0 Å². The quantitative estimate of drug-likeness (QED) is 0.396. The number of nitrogens with zero attached hydrogens (tertiary/aromatic N) is 1. The van der Waals surface area contributed by atoms with Crippen molar-refractivity contribution < 1.29 is 9.59 Å². The highest BCUT2D eigenvalue weighted by molar-refractivity contribution is 6.42. The van der Waals surface area contributed by atoms with Gasteiger partial charge in [-0.3, -0.25) is 9.59 Å². The average Bonchev–Trinajstić information content (AvgIpc) is 2.79. The summed E-state index contributed by atoms with van der Waals surface area (Å²) < 4.78 is 0. The van der Waals surface area contributed by atoms with Gasteiger partial charge in [-0.15, -0.1) is 0 Å². The molecule has 2 aromatic rings. The van der Waals surface area contributed by atoms with E-state index in [2.05, 4.69) is 5.32 Å². The van der Waals surface area contributed by atoms with Gasteiger partial charge in [0.05, 0.1) is 16.5 Å². The third-order valence-electron chi connectivity index (χ3n) is 6.06. The lowest BCUT2D eigenvalue weighted by Gasteiger charge is -2.33. The van der Waals surface area contributed by atoms with E-state index < -0.39 is 6.04 Å². The van der Waals surface area contributed by atoms with Crippen LogP contribution in [0.2, 0.25) is 20.1 Å². The predicted molar refractivity (Wildman–Crippen MR) is 136 cm³/mol. The van der Waals surface area contributed by atoms with Gasteiger partial charge in [0.2, 0.25) is 11.8 Å². The van der Waals surface area contributed by atoms with Crippen LogP contribution < -0.4 is 5.32 Å². The Labute approximate surface area is 215 Å². The van der Waals surface area contributed by atoms with Crippen LogP contribution in [0, 0.1) is 0 Å². The van der Waals surface area contributed by atoms with Crippen molar-refractivity contribution in [2.45, 2.75) is 70.5 Å². The number of rotatable bonds is 8. The lowest BCUT2D eigenvalue weighted by atomic mass is 9.95. The standard InChI is InChI=1S/C25H28Cl4N2O2/c1-2-23(25(33)30-17-7-4-3-5-8-17)31(15-16-11-12-21(28)22(29)13-16)24(32)14-18-19(26)9-6-10-20(18)27/h6,9-13,17,23H,2-5,7-8,14-15H2,1H3,(H,30,33)/t23-/m1/s1. The van der Waals surface area contributed by atoms with Gasteiger partial charge in [-0.25, -0.2) is 0 Å². The SMILES string of the molecule is CC[C@H](C(=O)NC1CCCCC1)N(Cc1ccc(Cl)c(Cl)c1)C(=O)Cc1c(Cl)cccc1Cl. The summed E-state index contributed by atoms with van der Waals surface area (Å²) in [5.74, 6) is -0.371. The third-order valence-corrected chi connectivity index (χ3v) is 7.51. The van der Waals surface area contributed by atoms with E-state index in [1.165, 1.54) is 6.42 Å². The molecule has 1 saturated carbocycles. The zero-order valence-corrected chi connectivity index (χ0v) is 21.6. The first-order valence-electron chi connectivity index (χ1n) is 11.3. The molecule has 4 nitrogen and oxygen atoms in total. The van der Waals surface area contributed by atoms with E-state index in [1.807, 2.05) is 13.0 Å². The second-order valence-corrected chi connectivity index (χ2v) is 10.0. The first-order chi connectivity index (χ1) is 15.8. The molecule has 0 heterocycles. The first kappa shape index (κ1) is 26.2. The van der Waals surface area contributed by atoms with Crippen molar-refractivity contribution in [1.29, 1.82) is 0 Å². The Balaban J connectivity index is 1.87.